The number of halogens is 3. The average Bonchev–Trinajstić information content (AvgIpc) is 3.31. The molecule has 1 aliphatic rings. The summed E-state index contributed by atoms with van der Waals surface area (Å²) in [6.07, 6.45) is -5.78. The number of fused-ring (bicyclic) bond motifs is 1. The number of nitrogens with one attached hydrogen (secondary N) is 1. The lowest BCUT2D eigenvalue weighted by molar-refractivity contribution is -0.172. The third-order valence-corrected chi connectivity index (χ3v) is 6.04. The Morgan fingerprint density at radius 1 is 1.19 bits per heavy atom. The molecule has 1 fully saturated rings. The van der Waals surface area contributed by atoms with Crippen molar-refractivity contribution in [2.75, 3.05) is 18.1 Å². The molecule has 1 saturated heterocycles. The van der Waals surface area contributed by atoms with Crippen molar-refractivity contribution in [2.45, 2.75) is 38.1 Å². The van der Waals surface area contributed by atoms with Crippen LogP contribution in [0.5, 0.6) is 5.75 Å². The first-order valence-electron chi connectivity index (χ1n) is 11.1. The predicted molar refractivity (Wildman–Crippen MR) is 124 cm³/mol. The molecule has 1 aliphatic heterocycles. The van der Waals surface area contributed by atoms with Crippen molar-refractivity contribution in [3.63, 3.8) is 0 Å². The molecule has 0 spiro atoms. The number of rotatable bonds is 7. The summed E-state index contributed by atoms with van der Waals surface area (Å²) in [4.78, 5) is 29.4. The molecule has 2 N–H and O–H groups in total. The number of hydrogen-bond acceptors (Lipinski definition) is 6. The normalized spacial score (nSPS) is 17.7. The van der Waals surface area contributed by atoms with Gasteiger partial charge in [0.2, 0.25) is 5.91 Å². The molecule has 8 nitrogen and oxygen atoms in total. The van der Waals surface area contributed by atoms with Gasteiger partial charge < -0.3 is 9.47 Å². The summed E-state index contributed by atoms with van der Waals surface area (Å²) >= 11 is 0. The summed E-state index contributed by atoms with van der Waals surface area (Å²) in [5.74, 6) is -2.69. The summed E-state index contributed by atoms with van der Waals surface area (Å²) in [5, 5.41) is 9.87. The van der Waals surface area contributed by atoms with Gasteiger partial charge in [-0.05, 0) is 49.7 Å². The number of anilines is 1. The van der Waals surface area contributed by atoms with E-state index in [0.717, 1.165) is 22.2 Å². The van der Waals surface area contributed by atoms with E-state index in [1.807, 2.05) is 37.3 Å². The number of amides is 2. The van der Waals surface area contributed by atoms with Crippen molar-refractivity contribution in [3.05, 3.63) is 65.9 Å². The van der Waals surface area contributed by atoms with Crippen molar-refractivity contribution < 1.29 is 37.4 Å². The highest BCUT2D eigenvalue weighted by atomic mass is 19.4. The van der Waals surface area contributed by atoms with Crippen molar-refractivity contribution >= 4 is 28.4 Å². The summed E-state index contributed by atoms with van der Waals surface area (Å²) < 4.78 is 51.8. The Morgan fingerprint density at radius 2 is 1.92 bits per heavy atom. The standard InChI is InChI=1S/C25H24F3N3O5/c1-16-12-17(20-4-2-3-5-21(20)29-16)14-36-19-8-6-18(7-9-19)31(23(33)25(26,27)28)24(10-11-35-15-24)13-22(32)30-34/h2-9,12,34H,10-11,13-15H2,1H3,(H,30,32). The molecular weight excluding hydrogens is 479 g/mol. The van der Waals surface area contributed by atoms with Crippen LogP contribution in [0.1, 0.15) is 24.1 Å². The molecule has 3 aromatic rings. The molecule has 0 bridgehead atoms. The second-order valence-electron chi connectivity index (χ2n) is 8.60. The molecule has 1 aromatic heterocycles. The van der Waals surface area contributed by atoms with E-state index in [2.05, 4.69) is 4.98 Å². The number of alkyl halides is 3. The number of ether oxygens (including phenoxy) is 2. The van der Waals surface area contributed by atoms with Gasteiger partial charge in [0.25, 0.3) is 0 Å². The second kappa shape index (κ2) is 10.1. The van der Waals surface area contributed by atoms with Crippen LogP contribution in [0.4, 0.5) is 18.9 Å². The molecule has 4 rings (SSSR count). The van der Waals surface area contributed by atoms with Crippen LogP contribution < -0.4 is 15.1 Å². The van der Waals surface area contributed by atoms with Crippen LogP contribution in [0.2, 0.25) is 0 Å². The number of carbonyl (C=O) groups is 2. The van der Waals surface area contributed by atoms with Gasteiger partial charge in [0.15, 0.2) is 0 Å². The Kier molecular flexibility index (Phi) is 7.14. The van der Waals surface area contributed by atoms with Crippen LogP contribution in [0, 0.1) is 6.92 Å². The summed E-state index contributed by atoms with van der Waals surface area (Å²) in [5.41, 5.74) is 2.27. The van der Waals surface area contributed by atoms with E-state index in [1.165, 1.54) is 29.7 Å². The zero-order valence-corrected chi connectivity index (χ0v) is 19.3. The first-order chi connectivity index (χ1) is 17.1. The maximum Gasteiger partial charge on any atom is 0.471 e. The number of pyridine rings is 1. The quantitative estimate of drug-likeness (QED) is 0.372. The van der Waals surface area contributed by atoms with E-state index < -0.39 is 30.0 Å². The zero-order chi connectivity index (χ0) is 25.9. The summed E-state index contributed by atoms with van der Waals surface area (Å²) in [6, 6.07) is 15.1. The Bertz CT molecular complexity index is 1260. The maximum absolute atomic E-state index is 13.6. The first-order valence-corrected chi connectivity index (χ1v) is 11.1. The number of hydroxylamine groups is 1. The van der Waals surface area contributed by atoms with Gasteiger partial charge >= 0.3 is 12.1 Å². The lowest BCUT2D eigenvalue weighted by Gasteiger charge is -2.40. The van der Waals surface area contributed by atoms with Crippen molar-refractivity contribution in [1.82, 2.24) is 10.5 Å². The fraction of sp³-hybridized carbons (Fsp3) is 0.320. The number of aromatic nitrogens is 1. The Balaban J connectivity index is 1.61. The average molecular weight is 503 g/mol. The molecule has 1 unspecified atom stereocenters. The Morgan fingerprint density at radius 3 is 2.56 bits per heavy atom. The molecule has 36 heavy (non-hydrogen) atoms. The van der Waals surface area contributed by atoms with Gasteiger partial charge in [-0.3, -0.25) is 24.7 Å². The minimum absolute atomic E-state index is 0.0189. The SMILES string of the molecule is Cc1cc(COc2ccc(N(C(=O)C(F)(F)F)C3(CC(=O)NO)CCOC3)cc2)c2ccccc2n1. The molecule has 2 aromatic carbocycles. The fourth-order valence-corrected chi connectivity index (χ4v) is 4.43. The van der Waals surface area contributed by atoms with Gasteiger partial charge in [-0.15, -0.1) is 0 Å². The van der Waals surface area contributed by atoms with Crippen LogP contribution in [-0.4, -0.2) is 46.9 Å². The molecule has 2 heterocycles. The van der Waals surface area contributed by atoms with Gasteiger partial charge in [0.05, 0.1) is 24.1 Å². The molecule has 0 aliphatic carbocycles. The smallest absolute Gasteiger partial charge is 0.471 e. The molecule has 11 heteroatoms. The molecule has 2 amide bonds. The Hall–Kier alpha value is -3.70. The van der Waals surface area contributed by atoms with Crippen molar-refractivity contribution in [3.8, 4) is 5.75 Å². The van der Waals surface area contributed by atoms with E-state index in [4.69, 9.17) is 14.7 Å². The van der Waals surface area contributed by atoms with E-state index in [1.54, 1.807) is 0 Å². The molecule has 1 atom stereocenters. The zero-order valence-electron chi connectivity index (χ0n) is 19.3. The highest BCUT2D eigenvalue weighted by molar-refractivity contribution is 5.99. The highest BCUT2D eigenvalue weighted by Crippen LogP contribution is 2.38. The second-order valence-corrected chi connectivity index (χ2v) is 8.60. The minimum Gasteiger partial charge on any atom is -0.489 e. The number of nitrogens with zero attached hydrogens (tertiary/aromatic N) is 2. The highest BCUT2D eigenvalue weighted by Gasteiger charge is 2.53. The fourth-order valence-electron chi connectivity index (χ4n) is 4.43. The third-order valence-electron chi connectivity index (χ3n) is 6.04. The van der Waals surface area contributed by atoms with Crippen LogP contribution in [-0.2, 0) is 20.9 Å². The van der Waals surface area contributed by atoms with Crippen LogP contribution >= 0.6 is 0 Å². The Labute approximate surface area is 204 Å². The monoisotopic (exact) mass is 503 g/mol. The lowest BCUT2D eigenvalue weighted by atomic mass is 9.90. The van der Waals surface area contributed by atoms with E-state index >= 15 is 0 Å². The number of hydrogen-bond donors (Lipinski definition) is 2. The molecule has 190 valence electrons. The van der Waals surface area contributed by atoms with Gasteiger partial charge in [-0.1, -0.05) is 18.2 Å². The number of aryl methyl sites for hydroxylation is 1. The maximum atomic E-state index is 13.6. The van der Waals surface area contributed by atoms with E-state index in [0.29, 0.717) is 10.6 Å². The lowest BCUT2D eigenvalue weighted by Crippen LogP contribution is -2.58. The van der Waals surface area contributed by atoms with Gasteiger partial charge in [0, 0.05) is 28.9 Å². The number of para-hydroxylation sites is 1. The van der Waals surface area contributed by atoms with Crippen LogP contribution in [0.25, 0.3) is 10.9 Å². The topological polar surface area (TPSA) is 101 Å². The van der Waals surface area contributed by atoms with Crippen LogP contribution in [0.15, 0.2) is 54.6 Å². The van der Waals surface area contributed by atoms with Crippen LogP contribution in [0.3, 0.4) is 0 Å². The first kappa shape index (κ1) is 25.4. The van der Waals surface area contributed by atoms with Gasteiger partial charge in [-0.25, -0.2) is 5.48 Å². The minimum atomic E-state index is -5.19. The van der Waals surface area contributed by atoms with Gasteiger partial charge in [-0.2, -0.15) is 13.2 Å². The summed E-state index contributed by atoms with van der Waals surface area (Å²) in [7, 11) is 0. The molecule has 0 radical (unpaired) electrons. The van der Waals surface area contributed by atoms with Crippen molar-refractivity contribution in [1.29, 1.82) is 0 Å². The molecular formula is C25H24F3N3O5. The predicted octanol–water partition coefficient (Wildman–Crippen LogP) is 4.07. The van der Waals surface area contributed by atoms with Gasteiger partial charge in [0.1, 0.15) is 12.4 Å². The van der Waals surface area contributed by atoms with E-state index in [-0.39, 0.29) is 31.9 Å². The molecule has 0 saturated carbocycles. The number of carbonyl (C=O) groups excluding carboxylic acids is 2. The van der Waals surface area contributed by atoms with Crippen molar-refractivity contribution in [2.24, 2.45) is 0 Å². The third kappa shape index (κ3) is 5.26. The van der Waals surface area contributed by atoms with E-state index in [9.17, 15) is 22.8 Å². The number of benzene rings is 2. The summed E-state index contributed by atoms with van der Waals surface area (Å²) in [6.45, 7) is 1.83. The largest absolute Gasteiger partial charge is 0.489 e.